The molecule has 13 nitrogen and oxygen atoms in total. The molecule has 1 saturated carbocycles. The standard InChI is InChI=1S/C48H49F2N7O6/c1-53-24-35(33-21-37(27-8-9-27)51-22-34(33)46(53)60)31-19-40(62-3)36(41(20-31)63-4)25-55-16-15-42(48(49,50)26-55)56-17-14-28-18-29(10-11-30(28)23-56)32-6-5-7-38-44(32)54(2)47(61)57(38)39-12-13-43(58)52-45(39)59/h5-7,10-11,18-22,24,27,39,42H,8-9,12-17,23,25-26H2,1-4H3,(H,52,58,59). The number of imide groups is 1. The molecule has 326 valence electrons. The Morgan fingerprint density at radius 3 is 2.33 bits per heavy atom. The minimum absolute atomic E-state index is 0.132. The van der Waals surface area contributed by atoms with Crippen LogP contribution in [0.1, 0.15) is 66.4 Å². The Morgan fingerprint density at radius 1 is 0.841 bits per heavy atom. The number of carbonyl (C=O) groups is 2. The number of carbonyl (C=O) groups excluding carboxylic acids is 2. The highest BCUT2D eigenvalue weighted by molar-refractivity contribution is 6.01. The molecule has 1 N–H and O–H groups in total. The highest BCUT2D eigenvalue weighted by Gasteiger charge is 2.48. The third-order valence-electron chi connectivity index (χ3n) is 13.7. The molecule has 4 aliphatic rings. The molecule has 63 heavy (non-hydrogen) atoms. The topological polar surface area (TPSA) is 133 Å². The van der Waals surface area contributed by atoms with Gasteiger partial charge in [0.05, 0.1) is 48.8 Å². The number of rotatable bonds is 9. The zero-order valence-electron chi connectivity index (χ0n) is 35.7. The van der Waals surface area contributed by atoms with Crippen LogP contribution in [0.15, 0.2) is 76.6 Å². The number of methoxy groups -OCH3 is 2. The number of piperidine rings is 2. The van der Waals surface area contributed by atoms with Crippen LogP contribution in [-0.4, -0.2) is 86.1 Å². The number of amides is 2. The van der Waals surface area contributed by atoms with Gasteiger partial charge in [-0.25, -0.2) is 13.6 Å². The third kappa shape index (κ3) is 7.11. The Morgan fingerprint density at radius 2 is 1.62 bits per heavy atom. The summed E-state index contributed by atoms with van der Waals surface area (Å²) in [6.07, 6.45) is 6.92. The zero-order chi connectivity index (χ0) is 43.9. The number of hydrogen-bond acceptors (Lipinski definition) is 9. The first kappa shape index (κ1) is 40.9. The second kappa shape index (κ2) is 15.6. The van der Waals surface area contributed by atoms with E-state index in [2.05, 4.69) is 16.4 Å². The maximum absolute atomic E-state index is 16.4. The number of alkyl halides is 2. The van der Waals surface area contributed by atoms with Gasteiger partial charge in [-0.1, -0.05) is 30.3 Å². The summed E-state index contributed by atoms with van der Waals surface area (Å²) in [5.41, 5.74) is 7.87. The van der Waals surface area contributed by atoms with Crippen molar-refractivity contribution in [3.8, 4) is 33.8 Å². The van der Waals surface area contributed by atoms with Gasteiger partial charge in [0.2, 0.25) is 11.8 Å². The van der Waals surface area contributed by atoms with Crippen LogP contribution in [0.4, 0.5) is 8.78 Å². The van der Waals surface area contributed by atoms with Crippen LogP contribution in [0.2, 0.25) is 0 Å². The molecule has 3 aromatic heterocycles. The lowest BCUT2D eigenvalue weighted by Gasteiger charge is -2.45. The maximum Gasteiger partial charge on any atom is 0.329 e. The van der Waals surface area contributed by atoms with Crippen molar-refractivity contribution < 1.29 is 27.8 Å². The molecule has 3 aromatic carbocycles. The molecule has 0 radical (unpaired) electrons. The molecule has 2 atom stereocenters. The van der Waals surface area contributed by atoms with E-state index in [0.717, 1.165) is 57.3 Å². The summed E-state index contributed by atoms with van der Waals surface area (Å²) in [6, 6.07) is 15.8. The lowest BCUT2D eigenvalue weighted by molar-refractivity contribution is -0.135. The molecule has 0 spiro atoms. The summed E-state index contributed by atoms with van der Waals surface area (Å²) in [5, 5.41) is 3.69. The van der Waals surface area contributed by atoms with Gasteiger partial charge in [-0.15, -0.1) is 0 Å². The van der Waals surface area contributed by atoms with Crippen molar-refractivity contribution in [2.45, 2.75) is 75.5 Å². The quantitative estimate of drug-likeness (QED) is 0.173. The Kier molecular flexibility index (Phi) is 10.1. The molecule has 2 unspecified atom stereocenters. The molecule has 2 amide bonds. The fourth-order valence-electron chi connectivity index (χ4n) is 10.2. The SMILES string of the molecule is COc1cc(-c2cn(C)c(=O)c3cnc(C4CC4)cc23)cc(OC)c1CN1CCC(N2CCc3cc(-c4cccc5c4n(C)c(=O)n5C4CCC(=O)NC4=O)ccc3C2)C(F)(F)C1. The number of halogens is 2. The van der Waals surface area contributed by atoms with E-state index >= 15 is 8.78 Å². The molecule has 2 saturated heterocycles. The van der Waals surface area contributed by atoms with E-state index in [0.29, 0.717) is 65.5 Å². The summed E-state index contributed by atoms with van der Waals surface area (Å²) in [7, 11) is 6.53. The molecular formula is C48H49F2N7O6. The average Bonchev–Trinajstić information content (AvgIpc) is 4.10. The number of aromatic nitrogens is 4. The monoisotopic (exact) mass is 857 g/mol. The van der Waals surface area contributed by atoms with E-state index in [9.17, 15) is 19.2 Å². The van der Waals surface area contributed by atoms with Crippen LogP contribution in [0.3, 0.4) is 0 Å². The van der Waals surface area contributed by atoms with Crippen molar-refractivity contribution in [3.63, 3.8) is 0 Å². The fraction of sp³-hybridized carbons (Fsp3) is 0.396. The molecule has 1 aliphatic carbocycles. The number of hydrogen-bond donors (Lipinski definition) is 1. The average molecular weight is 858 g/mol. The predicted octanol–water partition coefficient (Wildman–Crippen LogP) is 6.06. The Balaban J connectivity index is 0.865. The summed E-state index contributed by atoms with van der Waals surface area (Å²) < 4.78 is 49.1. The maximum atomic E-state index is 16.4. The van der Waals surface area contributed by atoms with Crippen LogP contribution < -0.4 is 26.0 Å². The van der Waals surface area contributed by atoms with E-state index in [1.54, 1.807) is 48.5 Å². The normalized spacial score (nSPS) is 20.5. The fourth-order valence-corrected chi connectivity index (χ4v) is 10.2. The van der Waals surface area contributed by atoms with Crippen molar-refractivity contribution in [2.75, 3.05) is 33.9 Å². The Hall–Kier alpha value is -6.19. The lowest BCUT2D eigenvalue weighted by atomic mass is 9.91. The first-order valence-corrected chi connectivity index (χ1v) is 21.6. The lowest BCUT2D eigenvalue weighted by Crippen LogP contribution is -2.58. The van der Waals surface area contributed by atoms with E-state index in [4.69, 9.17) is 9.47 Å². The van der Waals surface area contributed by atoms with E-state index in [-0.39, 0.29) is 43.0 Å². The molecule has 10 rings (SSSR count). The molecule has 0 bridgehead atoms. The minimum Gasteiger partial charge on any atom is -0.496 e. The van der Waals surface area contributed by atoms with Gasteiger partial charge in [-0.05, 0) is 84.0 Å². The van der Waals surface area contributed by atoms with Crippen molar-refractivity contribution >= 4 is 33.6 Å². The van der Waals surface area contributed by atoms with Gasteiger partial charge >= 0.3 is 5.69 Å². The van der Waals surface area contributed by atoms with Crippen molar-refractivity contribution in [3.05, 3.63) is 110 Å². The van der Waals surface area contributed by atoms with Gasteiger partial charge in [0.25, 0.3) is 11.5 Å². The van der Waals surface area contributed by atoms with Crippen LogP contribution in [0.5, 0.6) is 11.5 Å². The summed E-state index contributed by atoms with van der Waals surface area (Å²) in [5.74, 6) is -2.38. The number of pyridine rings is 2. The number of para-hydroxylation sites is 1. The van der Waals surface area contributed by atoms with Gasteiger partial charge in [-0.2, -0.15) is 0 Å². The molecule has 6 heterocycles. The van der Waals surface area contributed by atoms with Crippen LogP contribution in [0.25, 0.3) is 44.1 Å². The predicted molar refractivity (Wildman–Crippen MR) is 234 cm³/mol. The smallest absolute Gasteiger partial charge is 0.329 e. The van der Waals surface area contributed by atoms with Crippen LogP contribution >= 0.6 is 0 Å². The molecule has 15 heteroatoms. The van der Waals surface area contributed by atoms with Gasteiger partial charge in [0, 0.05) is 81.8 Å². The molecule has 6 aromatic rings. The van der Waals surface area contributed by atoms with E-state index in [1.165, 1.54) is 4.57 Å². The summed E-state index contributed by atoms with van der Waals surface area (Å²) in [6.45, 7) is 1.12. The second-order valence-corrected chi connectivity index (χ2v) is 17.6. The number of ether oxygens (including phenoxy) is 2. The number of likely N-dealkylation sites (tertiary alicyclic amines) is 1. The number of imidazole rings is 1. The first-order valence-electron chi connectivity index (χ1n) is 21.6. The molecule has 3 fully saturated rings. The zero-order valence-corrected chi connectivity index (χ0v) is 35.7. The Bertz CT molecular complexity index is 2960. The minimum atomic E-state index is -2.99. The molecule has 3 aliphatic heterocycles. The Labute approximate surface area is 361 Å². The largest absolute Gasteiger partial charge is 0.496 e. The van der Waals surface area contributed by atoms with Crippen LogP contribution in [-0.2, 0) is 43.2 Å². The van der Waals surface area contributed by atoms with Crippen molar-refractivity contribution in [2.24, 2.45) is 14.1 Å². The van der Waals surface area contributed by atoms with E-state index in [1.807, 2.05) is 59.6 Å². The van der Waals surface area contributed by atoms with Gasteiger partial charge < -0.3 is 14.0 Å². The number of aryl methyl sites for hydroxylation is 2. The van der Waals surface area contributed by atoms with Gasteiger partial charge in [0.1, 0.15) is 17.5 Å². The first-order chi connectivity index (χ1) is 30.3. The van der Waals surface area contributed by atoms with E-state index < -0.39 is 30.5 Å². The van der Waals surface area contributed by atoms with Gasteiger partial charge in [-0.3, -0.25) is 43.6 Å². The second-order valence-electron chi connectivity index (χ2n) is 17.6. The number of nitrogens with zero attached hydrogens (tertiary/aromatic N) is 6. The highest BCUT2D eigenvalue weighted by atomic mass is 19.3. The summed E-state index contributed by atoms with van der Waals surface area (Å²) >= 11 is 0. The number of benzene rings is 3. The number of nitrogens with one attached hydrogen (secondary N) is 1. The van der Waals surface area contributed by atoms with Crippen LogP contribution in [0, 0.1) is 0 Å². The van der Waals surface area contributed by atoms with Crippen molar-refractivity contribution in [1.29, 1.82) is 0 Å². The number of fused-ring (bicyclic) bond motifs is 3. The highest BCUT2D eigenvalue weighted by Crippen LogP contribution is 2.43. The van der Waals surface area contributed by atoms with Crippen molar-refractivity contribution in [1.82, 2.24) is 33.8 Å². The van der Waals surface area contributed by atoms with Gasteiger partial charge in [0.15, 0.2) is 0 Å². The molecular weight excluding hydrogens is 809 g/mol. The summed E-state index contributed by atoms with van der Waals surface area (Å²) in [4.78, 5) is 59.6. The third-order valence-corrected chi connectivity index (χ3v) is 13.7.